The number of nitrogen functional groups attached to an aromatic ring is 1. The molecule has 0 aliphatic rings. The Bertz CT molecular complexity index is 740. The van der Waals surface area contributed by atoms with E-state index in [0.29, 0.717) is 16.7 Å². The summed E-state index contributed by atoms with van der Waals surface area (Å²) in [6, 6.07) is 8.98. The predicted molar refractivity (Wildman–Crippen MR) is 67.2 cm³/mol. The first kappa shape index (κ1) is 10.5. The van der Waals surface area contributed by atoms with Crippen molar-refractivity contribution >= 4 is 22.9 Å². The highest BCUT2D eigenvalue weighted by molar-refractivity contribution is 6.02. The Hall–Kier alpha value is -2.63. The molecule has 0 spiro atoms. The van der Waals surface area contributed by atoms with Crippen LogP contribution in [0.15, 0.2) is 30.3 Å². The molecule has 0 aliphatic carbocycles. The zero-order valence-electron chi connectivity index (χ0n) is 9.71. The normalized spacial score (nSPS) is 10.9. The van der Waals surface area contributed by atoms with Crippen LogP contribution in [0, 0.1) is 6.92 Å². The van der Waals surface area contributed by atoms with Crippen LogP contribution in [0.4, 0.5) is 5.95 Å². The minimum absolute atomic E-state index is 0.168. The lowest BCUT2D eigenvalue weighted by molar-refractivity contribution is 0.0962. The number of carbonyl (C=O) groups excluding carboxylic acids is 1. The average Bonchev–Trinajstić information content (AvgIpc) is 2.91. The number of H-pyrrole nitrogens is 1. The fraction of sp³-hybridized carbons (Fsp3) is 0.0833. The van der Waals surface area contributed by atoms with Crippen LogP contribution in [0.25, 0.3) is 11.0 Å². The molecule has 0 aliphatic heterocycles. The van der Waals surface area contributed by atoms with Gasteiger partial charge in [-0.1, -0.05) is 12.1 Å². The molecule has 6 nitrogen and oxygen atoms in total. The molecule has 2 aromatic heterocycles. The standard InChI is InChI=1S/C12H11N5O/c1-7-6-9(16-15-7)11(18)17-10-5-3-2-4-8(10)14-12(17)13/h2-6H,1H3,(H2,13,14)(H,15,16). The molecule has 0 atom stereocenters. The van der Waals surface area contributed by atoms with Gasteiger partial charge in [-0.05, 0) is 25.1 Å². The van der Waals surface area contributed by atoms with E-state index < -0.39 is 0 Å². The van der Waals surface area contributed by atoms with E-state index in [1.165, 1.54) is 4.57 Å². The van der Waals surface area contributed by atoms with Gasteiger partial charge in [-0.25, -0.2) is 9.55 Å². The van der Waals surface area contributed by atoms with Crippen LogP contribution in [-0.2, 0) is 0 Å². The van der Waals surface area contributed by atoms with E-state index in [4.69, 9.17) is 5.73 Å². The van der Waals surface area contributed by atoms with Crippen molar-refractivity contribution in [1.29, 1.82) is 0 Å². The first-order chi connectivity index (χ1) is 8.66. The summed E-state index contributed by atoms with van der Waals surface area (Å²) in [6.45, 7) is 1.83. The summed E-state index contributed by atoms with van der Waals surface area (Å²) in [4.78, 5) is 16.5. The first-order valence-corrected chi connectivity index (χ1v) is 5.46. The lowest BCUT2D eigenvalue weighted by atomic mass is 10.3. The molecule has 0 saturated heterocycles. The van der Waals surface area contributed by atoms with E-state index in [1.54, 1.807) is 12.1 Å². The second-order valence-electron chi connectivity index (χ2n) is 4.04. The summed E-state index contributed by atoms with van der Waals surface area (Å²) in [7, 11) is 0. The topological polar surface area (TPSA) is 89.6 Å². The number of para-hydroxylation sites is 2. The van der Waals surface area contributed by atoms with Crippen molar-refractivity contribution in [2.75, 3.05) is 5.73 Å². The maximum absolute atomic E-state index is 12.3. The van der Waals surface area contributed by atoms with Gasteiger partial charge in [0.05, 0.1) is 11.0 Å². The summed E-state index contributed by atoms with van der Waals surface area (Å²) in [5.41, 5.74) is 8.31. The maximum Gasteiger partial charge on any atom is 0.285 e. The van der Waals surface area contributed by atoms with Gasteiger partial charge >= 0.3 is 0 Å². The van der Waals surface area contributed by atoms with Crippen LogP contribution < -0.4 is 5.73 Å². The SMILES string of the molecule is Cc1cc(C(=O)n2c(N)nc3ccccc32)n[nH]1. The highest BCUT2D eigenvalue weighted by Crippen LogP contribution is 2.18. The molecule has 0 radical (unpaired) electrons. The number of nitrogens with one attached hydrogen (secondary N) is 1. The van der Waals surface area contributed by atoms with Crippen LogP contribution >= 0.6 is 0 Å². The molecule has 2 heterocycles. The number of fused-ring (bicyclic) bond motifs is 1. The lowest BCUT2D eigenvalue weighted by Crippen LogP contribution is -2.15. The second kappa shape index (κ2) is 3.69. The number of anilines is 1. The molecule has 90 valence electrons. The summed E-state index contributed by atoms with van der Waals surface area (Å²) in [6.07, 6.45) is 0. The van der Waals surface area contributed by atoms with Gasteiger partial charge in [0.25, 0.3) is 5.91 Å². The van der Waals surface area contributed by atoms with Gasteiger partial charge in [0.1, 0.15) is 0 Å². The zero-order chi connectivity index (χ0) is 12.7. The summed E-state index contributed by atoms with van der Waals surface area (Å²) >= 11 is 0. The largest absolute Gasteiger partial charge is 0.369 e. The molecule has 3 N–H and O–H groups in total. The molecule has 3 aromatic rings. The molecule has 0 amide bonds. The van der Waals surface area contributed by atoms with Gasteiger partial charge in [-0.15, -0.1) is 0 Å². The number of rotatable bonds is 1. The molecule has 3 rings (SSSR count). The predicted octanol–water partition coefficient (Wildman–Crippen LogP) is 1.34. The number of aryl methyl sites for hydroxylation is 1. The number of aromatic amines is 1. The fourth-order valence-corrected chi connectivity index (χ4v) is 1.90. The summed E-state index contributed by atoms with van der Waals surface area (Å²) < 4.78 is 1.37. The smallest absolute Gasteiger partial charge is 0.285 e. The molecule has 0 saturated carbocycles. The number of nitrogens with two attached hydrogens (primary N) is 1. The van der Waals surface area contributed by atoms with Gasteiger partial charge in [0.2, 0.25) is 5.95 Å². The van der Waals surface area contributed by atoms with E-state index >= 15 is 0 Å². The Balaban J connectivity index is 2.20. The number of hydrogen-bond acceptors (Lipinski definition) is 4. The highest BCUT2D eigenvalue weighted by atomic mass is 16.2. The average molecular weight is 241 g/mol. The molecular weight excluding hydrogens is 230 g/mol. The first-order valence-electron chi connectivity index (χ1n) is 5.46. The van der Waals surface area contributed by atoms with Crippen LogP contribution in [0.5, 0.6) is 0 Å². The molecule has 1 aromatic carbocycles. The quantitative estimate of drug-likeness (QED) is 0.672. The van der Waals surface area contributed by atoms with Crippen molar-refractivity contribution in [1.82, 2.24) is 19.7 Å². The summed E-state index contributed by atoms with van der Waals surface area (Å²) in [5.74, 6) is -0.118. The Labute approximate surface area is 102 Å². The van der Waals surface area contributed by atoms with E-state index in [-0.39, 0.29) is 11.9 Å². The van der Waals surface area contributed by atoms with Gasteiger partial charge in [-0.2, -0.15) is 5.10 Å². The van der Waals surface area contributed by atoms with E-state index in [2.05, 4.69) is 15.2 Å². The third-order valence-electron chi connectivity index (χ3n) is 2.71. The van der Waals surface area contributed by atoms with Gasteiger partial charge < -0.3 is 5.73 Å². The van der Waals surface area contributed by atoms with E-state index in [1.807, 2.05) is 25.1 Å². The van der Waals surface area contributed by atoms with Crippen molar-refractivity contribution in [2.24, 2.45) is 0 Å². The zero-order valence-corrected chi connectivity index (χ0v) is 9.71. The maximum atomic E-state index is 12.3. The van der Waals surface area contributed by atoms with Crippen LogP contribution in [0.2, 0.25) is 0 Å². The minimum Gasteiger partial charge on any atom is -0.369 e. The number of nitrogens with zero attached hydrogens (tertiary/aromatic N) is 3. The second-order valence-corrected chi connectivity index (χ2v) is 4.04. The molecule has 0 bridgehead atoms. The number of benzene rings is 1. The Morgan fingerprint density at radius 1 is 1.39 bits per heavy atom. The number of hydrogen-bond donors (Lipinski definition) is 2. The van der Waals surface area contributed by atoms with Gasteiger partial charge in [0.15, 0.2) is 5.69 Å². The summed E-state index contributed by atoms with van der Waals surface area (Å²) in [5, 5.41) is 6.67. The van der Waals surface area contributed by atoms with Crippen LogP contribution in [0.3, 0.4) is 0 Å². The van der Waals surface area contributed by atoms with E-state index in [9.17, 15) is 4.79 Å². The van der Waals surface area contributed by atoms with Crippen LogP contribution in [0.1, 0.15) is 16.2 Å². The number of aromatic nitrogens is 4. The Morgan fingerprint density at radius 3 is 2.89 bits per heavy atom. The molecular formula is C12H11N5O. The van der Waals surface area contributed by atoms with Crippen molar-refractivity contribution < 1.29 is 4.79 Å². The molecule has 0 unspecified atom stereocenters. The molecule has 0 fully saturated rings. The minimum atomic E-state index is -0.287. The van der Waals surface area contributed by atoms with Crippen molar-refractivity contribution in [3.8, 4) is 0 Å². The Morgan fingerprint density at radius 2 is 2.17 bits per heavy atom. The van der Waals surface area contributed by atoms with Crippen molar-refractivity contribution in [3.05, 3.63) is 41.7 Å². The monoisotopic (exact) mass is 241 g/mol. The third kappa shape index (κ3) is 1.46. The lowest BCUT2D eigenvalue weighted by Gasteiger charge is -2.01. The van der Waals surface area contributed by atoms with E-state index in [0.717, 1.165) is 5.69 Å². The molecule has 6 heteroatoms. The fourth-order valence-electron chi connectivity index (χ4n) is 1.90. The van der Waals surface area contributed by atoms with Crippen molar-refractivity contribution in [3.63, 3.8) is 0 Å². The van der Waals surface area contributed by atoms with Crippen LogP contribution in [-0.4, -0.2) is 25.7 Å². The van der Waals surface area contributed by atoms with Crippen molar-refractivity contribution in [2.45, 2.75) is 6.92 Å². The van der Waals surface area contributed by atoms with Gasteiger partial charge in [0, 0.05) is 5.69 Å². The number of carbonyl (C=O) groups is 1. The Kier molecular flexibility index (Phi) is 2.16. The van der Waals surface area contributed by atoms with Gasteiger partial charge in [-0.3, -0.25) is 9.89 Å². The number of imidazole rings is 1. The third-order valence-corrected chi connectivity index (χ3v) is 2.71. The highest BCUT2D eigenvalue weighted by Gasteiger charge is 2.18. The molecule has 18 heavy (non-hydrogen) atoms.